The number of ether oxygens (including phenoxy) is 1. The third-order valence-electron chi connectivity index (χ3n) is 2.22. The van der Waals surface area contributed by atoms with E-state index in [1.54, 1.807) is 0 Å². The molecule has 19 heavy (non-hydrogen) atoms. The van der Waals surface area contributed by atoms with Crippen LogP contribution in [0, 0.1) is 5.82 Å². The summed E-state index contributed by atoms with van der Waals surface area (Å²) in [5.41, 5.74) is -0.213. The number of unbranched alkanes of at least 4 members (excludes halogenated alkanes) is 1. The Balaban J connectivity index is 3.15. The third kappa shape index (κ3) is 4.43. The summed E-state index contributed by atoms with van der Waals surface area (Å²) in [7, 11) is 1.00. The minimum absolute atomic E-state index is 0.106. The molecule has 0 amide bonds. The van der Waals surface area contributed by atoms with Crippen LogP contribution in [0.4, 0.5) is 4.39 Å². The molecule has 1 rings (SSSR count). The summed E-state index contributed by atoms with van der Waals surface area (Å²) in [6, 6.07) is 1.62. The van der Waals surface area contributed by atoms with Crippen molar-refractivity contribution in [2.45, 2.75) is 24.7 Å². The molecule has 0 bridgehead atoms. The molecule has 0 saturated carbocycles. The molecule has 106 valence electrons. The molecule has 0 saturated heterocycles. The van der Waals surface area contributed by atoms with Crippen LogP contribution in [-0.2, 0) is 13.8 Å². The van der Waals surface area contributed by atoms with Crippen LogP contribution in [0.3, 0.4) is 0 Å². The van der Waals surface area contributed by atoms with Gasteiger partial charge in [-0.2, -0.15) is 0 Å². The Kier molecular flexibility index (Phi) is 5.76. The van der Waals surface area contributed by atoms with Gasteiger partial charge in [-0.05, 0) is 34.5 Å². The average molecular weight is 374 g/mol. The molecule has 0 radical (unpaired) electrons. The van der Waals surface area contributed by atoms with E-state index in [0.717, 1.165) is 18.6 Å². The Morgan fingerprint density at radius 1 is 1.47 bits per heavy atom. The molecule has 0 fully saturated rings. The molecule has 4 nitrogen and oxygen atoms in total. The Bertz CT molecular complexity index is 589. The van der Waals surface area contributed by atoms with E-state index in [4.69, 9.17) is 15.4 Å². The van der Waals surface area contributed by atoms with Gasteiger partial charge in [-0.25, -0.2) is 17.6 Å². The molecule has 0 heterocycles. The Morgan fingerprint density at radius 3 is 2.63 bits per heavy atom. The zero-order chi connectivity index (χ0) is 14.6. The van der Waals surface area contributed by atoms with E-state index < -0.39 is 25.7 Å². The highest BCUT2D eigenvalue weighted by Crippen LogP contribution is 2.30. The molecule has 0 unspecified atom stereocenters. The minimum atomic E-state index is -4.16. The van der Waals surface area contributed by atoms with Crippen LogP contribution in [0.2, 0.25) is 0 Å². The summed E-state index contributed by atoms with van der Waals surface area (Å²) < 4.78 is 40.6. The molecule has 1 aromatic carbocycles. The maximum Gasteiger partial charge on any atom is 0.339 e. The number of halogens is 3. The highest BCUT2D eigenvalue weighted by molar-refractivity contribution is 9.10. The maximum atomic E-state index is 13.3. The maximum absolute atomic E-state index is 13.3. The molecular weight excluding hydrogens is 363 g/mol. The molecule has 0 aliphatic rings. The van der Waals surface area contributed by atoms with Gasteiger partial charge in [0, 0.05) is 10.7 Å². The van der Waals surface area contributed by atoms with Crippen LogP contribution in [0.25, 0.3) is 0 Å². The number of rotatable bonds is 5. The first-order valence-corrected chi connectivity index (χ1v) is 8.48. The topological polar surface area (TPSA) is 60.4 Å². The average Bonchev–Trinajstić information content (AvgIpc) is 2.30. The summed E-state index contributed by atoms with van der Waals surface area (Å²) in [4.78, 5) is 11.2. The zero-order valence-electron chi connectivity index (χ0n) is 9.95. The fourth-order valence-electron chi connectivity index (χ4n) is 1.28. The highest BCUT2D eigenvalue weighted by Gasteiger charge is 2.23. The number of benzene rings is 1. The van der Waals surface area contributed by atoms with Crippen LogP contribution in [0.15, 0.2) is 21.5 Å². The lowest BCUT2D eigenvalue weighted by molar-refractivity contribution is 0.0497. The molecule has 0 aromatic heterocycles. The predicted molar refractivity (Wildman–Crippen MR) is 72.3 cm³/mol. The standard InChI is InChI=1S/C11H11BrClFO4S/c1-2-3-4-18-11(15)8-5-7(14)6-9(10(8)12)19(13,16)17/h5-6H,2-4H2,1H3. The number of hydrogen-bond donors (Lipinski definition) is 0. The number of carbonyl (C=O) groups excluding carboxylic acids is 1. The van der Waals surface area contributed by atoms with Crippen LogP contribution < -0.4 is 0 Å². The van der Waals surface area contributed by atoms with Crippen molar-refractivity contribution in [3.63, 3.8) is 0 Å². The van der Waals surface area contributed by atoms with E-state index in [1.165, 1.54) is 0 Å². The molecule has 0 aliphatic carbocycles. The number of esters is 1. The Hall–Kier alpha value is -0.660. The normalized spacial score (nSPS) is 11.4. The van der Waals surface area contributed by atoms with Gasteiger partial charge in [0.2, 0.25) is 0 Å². The van der Waals surface area contributed by atoms with Gasteiger partial charge < -0.3 is 4.74 Å². The van der Waals surface area contributed by atoms with Crippen molar-refractivity contribution in [3.8, 4) is 0 Å². The van der Waals surface area contributed by atoms with E-state index in [1.807, 2.05) is 6.92 Å². The fourth-order valence-corrected chi connectivity index (χ4v) is 3.53. The second-order valence-corrected chi connectivity index (χ2v) is 7.02. The number of hydrogen-bond acceptors (Lipinski definition) is 4. The summed E-state index contributed by atoms with van der Waals surface area (Å²) in [6.45, 7) is 2.10. The molecule has 8 heteroatoms. The monoisotopic (exact) mass is 372 g/mol. The van der Waals surface area contributed by atoms with E-state index in [9.17, 15) is 17.6 Å². The van der Waals surface area contributed by atoms with E-state index >= 15 is 0 Å². The van der Waals surface area contributed by atoms with E-state index in [0.29, 0.717) is 6.42 Å². The van der Waals surface area contributed by atoms with Crippen LogP contribution in [0.5, 0.6) is 0 Å². The van der Waals surface area contributed by atoms with Gasteiger partial charge in [-0.1, -0.05) is 13.3 Å². The van der Waals surface area contributed by atoms with Gasteiger partial charge in [-0.3, -0.25) is 0 Å². The van der Waals surface area contributed by atoms with Gasteiger partial charge in [-0.15, -0.1) is 0 Å². The second kappa shape index (κ2) is 6.67. The minimum Gasteiger partial charge on any atom is -0.462 e. The van der Waals surface area contributed by atoms with Crippen molar-refractivity contribution < 1.29 is 22.3 Å². The summed E-state index contributed by atoms with van der Waals surface area (Å²) >= 11 is 2.93. The molecule has 0 aliphatic heterocycles. The van der Waals surface area contributed by atoms with Gasteiger partial charge in [0.05, 0.1) is 16.6 Å². The third-order valence-corrected chi connectivity index (χ3v) is 4.68. The first kappa shape index (κ1) is 16.4. The first-order valence-electron chi connectivity index (χ1n) is 5.38. The van der Waals surface area contributed by atoms with Crippen molar-refractivity contribution in [2.24, 2.45) is 0 Å². The van der Waals surface area contributed by atoms with Crippen LogP contribution >= 0.6 is 26.6 Å². The SMILES string of the molecule is CCCCOC(=O)c1cc(F)cc(S(=O)(=O)Cl)c1Br. The fraction of sp³-hybridized carbons (Fsp3) is 0.364. The van der Waals surface area contributed by atoms with Crippen LogP contribution in [-0.4, -0.2) is 21.0 Å². The van der Waals surface area contributed by atoms with Gasteiger partial charge in [0.15, 0.2) is 0 Å². The molecule has 0 spiro atoms. The lowest BCUT2D eigenvalue weighted by Crippen LogP contribution is -2.09. The molecular formula is C11H11BrClFO4S. The summed E-state index contributed by atoms with van der Waals surface area (Å²) in [6.07, 6.45) is 1.50. The Morgan fingerprint density at radius 2 is 2.11 bits per heavy atom. The summed E-state index contributed by atoms with van der Waals surface area (Å²) in [5.74, 6) is -1.69. The van der Waals surface area contributed by atoms with Crippen molar-refractivity contribution in [3.05, 3.63) is 28.0 Å². The van der Waals surface area contributed by atoms with Crippen molar-refractivity contribution in [2.75, 3.05) is 6.61 Å². The highest BCUT2D eigenvalue weighted by atomic mass is 79.9. The lowest BCUT2D eigenvalue weighted by Gasteiger charge is -2.08. The smallest absolute Gasteiger partial charge is 0.339 e. The second-order valence-electron chi connectivity index (χ2n) is 3.69. The lowest BCUT2D eigenvalue weighted by atomic mass is 10.2. The van der Waals surface area contributed by atoms with Crippen molar-refractivity contribution >= 4 is 41.6 Å². The first-order chi connectivity index (χ1) is 8.77. The quantitative estimate of drug-likeness (QED) is 0.450. The molecule has 0 N–H and O–H groups in total. The van der Waals surface area contributed by atoms with E-state index in [-0.39, 0.29) is 16.6 Å². The largest absolute Gasteiger partial charge is 0.462 e. The molecule has 0 atom stereocenters. The zero-order valence-corrected chi connectivity index (χ0v) is 13.1. The van der Waals surface area contributed by atoms with E-state index in [2.05, 4.69) is 15.9 Å². The Labute approximate surface area is 123 Å². The van der Waals surface area contributed by atoms with Crippen LogP contribution in [0.1, 0.15) is 30.1 Å². The van der Waals surface area contributed by atoms with Gasteiger partial charge in [0.1, 0.15) is 10.7 Å². The van der Waals surface area contributed by atoms with Crippen molar-refractivity contribution in [1.29, 1.82) is 0 Å². The van der Waals surface area contributed by atoms with Gasteiger partial charge in [0.25, 0.3) is 9.05 Å². The summed E-state index contributed by atoms with van der Waals surface area (Å²) in [5, 5.41) is 0. The van der Waals surface area contributed by atoms with Gasteiger partial charge >= 0.3 is 5.97 Å². The number of carbonyl (C=O) groups is 1. The van der Waals surface area contributed by atoms with Crippen molar-refractivity contribution in [1.82, 2.24) is 0 Å². The molecule has 1 aromatic rings. The predicted octanol–water partition coefficient (Wildman–Crippen LogP) is 3.47.